The fraction of sp³-hybridized carbons (Fsp3) is 0.474. The Kier molecular flexibility index (Phi) is 4.32. The SMILES string of the molecule is Cc1nc(CNC(=O)[C@H]2[C@H]3CC[C@H](C3)[C@@H]2c2nc(-c3ccsc3)no2)cs1. The monoisotopic (exact) mass is 400 g/mol. The van der Waals surface area contributed by atoms with Crippen molar-refractivity contribution < 1.29 is 9.32 Å². The van der Waals surface area contributed by atoms with Crippen LogP contribution in [-0.2, 0) is 11.3 Å². The maximum Gasteiger partial charge on any atom is 0.231 e. The van der Waals surface area contributed by atoms with Crippen molar-refractivity contribution in [2.45, 2.75) is 38.6 Å². The van der Waals surface area contributed by atoms with Gasteiger partial charge in [-0.05, 0) is 49.5 Å². The zero-order valence-corrected chi connectivity index (χ0v) is 16.6. The van der Waals surface area contributed by atoms with E-state index in [-0.39, 0.29) is 17.7 Å². The fourth-order valence-electron chi connectivity index (χ4n) is 4.69. The van der Waals surface area contributed by atoms with Gasteiger partial charge in [-0.25, -0.2) is 4.98 Å². The lowest BCUT2D eigenvalue weighted by atomic mass is 9.78. The zero-order valence-electron chi connectivity index (χ0n) is 14.9. The number of fused-ring (bicyclic) bond motifs is 2. The molecule has 1 amide bonds. The van der Waals surface area contributed by atoms with Crippen LogP contribution in [0.2, 0.25) is 0 Å². The number of nitrogens with zero attached hydrogens (tertiary/aromatic N) is 3. The van der Waals surface area contributed by atoms with Gasteiger partial charge in [0.05, 0.1) is 29.1 Å². The average Bonchev–Trinajstić information content (AvgIpc) is 3.47. The van der Waals surface area contributed by atoms with Crippen LogP contribution in [0, 0.1) is 24.7 Å². The van der Waals surface area contributed by atoms with Gasteiger partial charge < -0.3 is 9.84 Å². The van der Waals surface area contributed by atoms with Crippen LogP contribution in [0.15, 0.2) is 26.7 Å². The lowest BCUT2D eigenvalue weighted by Gasteiger charge is -2.27. The third-order valence-corrected chi connectivity index (χ3v) is 7.34. The molecule has 3 aromatic rings. The van der Waals surface area contributed by atoms with E-state index in [0.717, 1.165) is 35.5 Å². The Morgan fingerprint density at radius 3 is 2.96 bits per heavy atom. The molecule has 6 nitrogen and oxygen atoms in total. The van der Waals surface area contributed by atoms with Gasteiger partial charge in [-0.15, -0.1) is 11.3 Å². The summed E-state index contributed by atoms with van der Waals surface area (Å²) >= 11 is 3.21. The second kappa shape index (κ2) is 6.83. The van der Waals surface area contributed by atoms with Crippen molar-refractivity contribution in [1.29, 1.82) is 0 Å². The molecular formula is C19H20N4O2S2. The van der Waals surface area contributed by atoms with Crippen LogP contribution >= 0.6 is 22.7 Å². The van der Waals surface area contributed by atoms with Crippen LogP contribution in [-0.4, -0.2) is 21.0 Å². The topological polar surface area (TPSA) is 80.9 Å². The number of carbonyl (C=O) groups is 1. The van der Waals surface area contributed by atoms with Crippen LogP contribution in [0.1, 0.15) is 41.8 Å². The van der Waals surface area contributed by atoms with Crippen LogP contribution in [0.5, 0.6) is 0 Å². The molecule has 27 heavy (non-hydrogen) atoms. The predicted octanol–water partition coefficient (Wildman–Crippen LogP) is 4.01. The van der Waals surface area contributed by atoms with Gasteiger partial charge in [0.25, 0.3) is 0 Å². The minimum Gasteiger partial charge on any atom is -0.350 e. The molecule has 8 heteroatoms. The van der Waals surface area contributed by atoms with E-state index in [1.54, 1.807) is 22.7 Å². The number of amides is 1. The number of rotatable bonds is 5. The summed E-state index contributed by atoms with van der Waals surface area (Å²) in [6.07, 6.45) is 3.33. The maximum atomic E-state index is 13.0. The quantitative estimate of drug-likeness (QED) is 0.700. The molecule has 4 atom stereocenters. The van der Waals surface area contributed by atoms with Crippen molar-refractivity contribution >= 4 is 28.6 Å². The summed E-state index contributed by atoms with van der Waals surface area (Å²) < 4.78 is 5.62. The molecule has 0 unspecified atom stereocenters. The molecule has 2 aliphatic carbocycles. The van der Waals surface area contributed by atoms with Gasteiger partial charge in [-0.1, -0.05) is 5.16 Å². The van der Waals surface area contributed by atoms with Crippen molar-refractivity contribution in [3.63, 3.8) is 0 Å². The van der Waals surface area contributed by atoms with E-state index in [1.807, 2.05) is 29.1 Å². The van der Waals surface area contributed by atoms with Crippen molar-refractivity contribution in [3.8, 4) is 11.4 Å². The highest BCUT2D eigenvalue weighted by atomic mass is 32.1. The fourth-order valence-corrected chi connectivity index (χ4v) is 5.94. The summed E-state index contributed by atoms with van der Waals surface area (Å²) in [5.41, 5.74) is 1.89. The lowest BCUT2D eigenvalue weighted by Crippen LogP contribution is -2.37. The first-order valence-electron chi connectivity index (χ1n) is 9.24. The Morgan fingerprint density at radius 1 is 1.30 bits per heavy atom. The first-order chi connectivity index (χ1) is 13.2. The highest BCUT2D eigenvalue weighted by Crippen LogP contribution is 2.56. The first-order valence-corrected chi connectivity index (χ1v) is 11.1. The molecule has 0 aliphatic heterocycles. The van der Waals surface area contributed by atoms with Crippen molar-refractivity contribution in [2.75, 3.05) is 0 Å². The molecule has 3 aromatic heterocycles. The van der Waals surface area contributed by atoms with Crippen LogP contribution in [0.25, 0.3) is 11.4 Å². The Hall–Kier alpha value is -2.06. The molecule has 2 fully saturated rings. The van der Waals surface area contributed by atoms with E-state index in [9.17, 15) is 4.79 Å². The molecule has 2 bridgehead atoms. The Bertz CT molecular complexity index is 949. The van der Waals surface area contributed by atoms with E-state index in [1.165, 1.54) is 0 Å². The molecule has 0 spiro atoms. The second-order valence-corrected chi connectivity index (χ2v) is 9.27. The molecule has 3 heterocycles. The third-order valence-electron chi connectivity index (χ3n) is 5.84. The number of aromatic nitrogens is 3. The van der Waals surface area contributed by atoms with Crippen molar-refractivity contribution in [1.82, 2.24) is 20.4 Å². The molecule has 1 N–H and O–H groups in total. The summed E-state index contributed by atoms with van der Waals surface area (Å²) in [6, 6.07) is 1.99. The molecule has 0 aromatic carbocycles. The number of thiophene rings is 1. The summed E-state index contributed by atoms with van der Waals surface area (Å²) in [5, 5.41) is 14.3. The maximum absolute atomic E-state index is 13.0. The number of hydrogen-bond donors (Lipinski definition) is 1. The Balaban J connectivity index is 1.35. The number of thiazole rings is 1. The summed E-state index contributed by atoms with van der Waals surface area (Å²) in [7, 11) is 0. The molecular weight excluding hydrogens is 380 g/mol. The van der Waals surface area contributed by atoms with Crippen molar-refractivity contribution in [3.05, 3.63) is 38.8 Å². The predicted molar refractivity (Wildman–Crippen MR) is 103 cm³/mol. The lowest BCUT2D eigenvalue weighted by molar-refractivity contribution is -0.127. The molecule has 0 radical (unpaired) electrons. The van der Waals surface area contributed by atoms with Gasteiger partial charge in [0.1, 0.15) is 0 Å². The molecule has 5 rings (SSSR count). The first kappa shape index (κ1) is 17.1. The van der Waals surface area contributed by atoms with E-state index in [2.05, 4.69) is 20.4 Å². The Morgan fingerprint density at radius 2 is 2.19 bits per heavy atom. The van der Waals surface area contributed by atoms with Gasteiger partial charge in [0.15, 0.2) is 0 Å². The number of carbonyl (C=O) groups excluding carboxylic acids is 1. The van der Waals surface area contributed by atoms with Crippen LogP contribution < -0.4 is 5.32 Å². The minimum atomic E-state index is -0.0840. The van der Waals surface area contributed by atoms with Gasteiger partial charge in [0.2, 0.25) is 17.6 Å². The third kappa shape index (κ3) is 3.10. The Labute approximate surface area is 165 Å². The van der Waals surface area contributed by atoms with E-state index in [0.29, 0.717) is 30.1 Å². The van der Waals surface area contributed by atoms with E-state index >= 15 is 0 Å². The highest BCUT2D eigenvalue weighted by molar-refractivity contribution is 7.09. The number of hydrogen-bond acceptors (Lipinski definition) is 7. The largest absolute Gasteiger partial charge is 0.350 e. The highest BCUT2D eigenvalue weighted by Gasteiger charge is 2.53. The summed E-state index contributed by atoms with van der Waals surface area (Å²) in [4.78, 5) is 22.1. The standard InChI is InChI=1S/C19H20N4O2S2/c1-10-21-14(9-27-10)7-20-18(24)15-11-2-3-12(6-11)16(15)19-22-17(23-25-19)13-4-5-26-8-13/h4-5,8-9,11-12,15-16H,2-3,6-7H2,1H3,(H,20,24)/t11-,12+,15-,16-/m0/s1. The van der Waals surface area contributed by atoms with Gasteiger partial charge in [0, 0.05) is 16.3 Å². The molecule has 2 aliphatic rings. The molecule has 140 valence electrons. The van der Waals surface area contributed by atoms with Gasteiger partial charge >= 0.3 is 0 Å². The smallest absolute Gasteiger partial charge is 0.231 e. The molecule has 2 saturated carbocycles. The van der Waals surface area contributed by atoms with Crippen molar-refractivity contribution in [2.24, 2.45) is 17.8 Å². The van der Waals surface area contributed by atoms with Gasteiger partial charge in [-0.3, -0.25) is 4.79 Å². The van der Waals surface area contributed by atoms with Crippen LogP contribution in [0.4, 0.5) is 0 Å². The normalized spacial score (nSPS) is 26.6. The number of nitrogens with one attached hydrogen (secondary N) is 1. The number of aryl methyl sites for hydroxylation is 1. The summed E-state index contributed by atoms with van der Waals surface area (Å²) in [6.45, 7) is 2.45. The molecule has 0 saturated heterocycles. The summed E-state index contributed by atoms with van der Waals surface area (Å²) in [5.74, 6) is 2.14. The minimum absolute atomic E-state index is 0.0285. The second-order valence-electron chi connectivity index (χ2n) is 7.43. The average molecular weight is 401 g/mol. The zero-order chi connectivity index (χ0) is 18.4. The van der Waals surface area contributed by atoms with Crippen LogP contribution in [0.3, 0.4) is 0 Å². The van der Waals surface area contributed by atoms with Gasteiger partial charge in [-0.2, -0.15) is 16.3 Å². The van der Waals surface area contributed by atoms with E-state index in [4.69, 9.17) is 4.52 Å². The van der Waals surface area contributed by atoms with E-state index < -0.39 is 0 Å².